The van der Waals surface area contributed by atoms with Crippen molar-refractivity contribution in [2.75, 3.05) is 13.1 Å². The number of rotatable bonds is 2. The molecule has 2 bridgehead atoms. The van der Waals surface area contributed by atoms with E-state index in [-0.39, 0.29) is 0 Å². The Morgan fingerprint density at radius 3 is 2.79 bits per heavy atom. The van der Waals surface area contributed by atoms with Gasteiger partial charge in [-0.3, -0.25) is 0 Å². The maximum absolute atomic E-state index is 14.2. The third kappa shape index (κ3) is 1.48. The molecule has 2 saturated carbocycles. The molecular weight excluding hydrogens is 177 g/mol. The van der Waals surface area contributed by atoms with Crippen LogP contribution < -0.4 is 5.32 Å². The molecule has 4 unspecified atom stereocenters. The molecule has 1 aliphatic heterocycles. The van der Waals surface area contributed by atoms with E-state index in [1.54, 1.807) is 0 Å². The van der Waals surface area contributed by atoms with E-state index in [0.29, 0.717) is 6.54 Å². The zero-order valence-corrected chi connectivity index (χ0v) is 8.77. The Bertz CT molecular complexity index is 222. The monoisotopic (exact) mass is 197 g/mol. The summed E-state index contributed by atoms with van der Waals surface area (Å²) in [6, 6.07) is 0. The van der Waals surface area contributed by atoms with E-state index < -0.39 is 5.67 Å². The van der Waals surface area contributed by atoms with E-state index in [0.717, 1.165) is 37.1 Å². The van der Waals surface area contributed by atoms with Crippen LogP contribution in [0, 0.1) is 17.8 Å². The normalized spacial score (nSPS) is 51.6. The second kappa shape index (κ2) is 3.19. The number of hydrogen-bond acceptors (Lipinski definition) is 1. The zero-order chi connectivity index (χ0) is 9.60. The van der Waals surface area contributed by atoms with Crippen LogP contribution in [0.3, 0.4) is 0 Å². The maximum atomic E-state index is 14.2. The van der Waals surface area contributed by atoms with Gasteiger partial charge < -0.3 is 5.32 Å². The largest absolute Gasteiger partial charge is 0.313 e. The Labute approximate surface area is 85.5 Å². The first kappa shape index (κ1) is 9.14. The topological polar surface area (TPSA) is 12.0 Å². The number of nitrogens with one attached hydrogen (secondary N) is 1. The standard InChI is InChI=1S/C12H20FN/c13-12(3-4-14-8-12)7-11-6-9-1-2-10(11)5-9/h9-11,14H,1-8H2. The van der Waals surface area contributed by atoms with Crippen LogP contribution >= 0.6 is 0 Å². The fraction of sp³-hybridized carbons (Fsp3) is 1.00. The average molecular weight is 197 g/mol. The first-order valence-corrected chi connectivity index (χ1v) is 6.15. The summed E-state index contributed by atoms with van der Waals surface area (Å²) in [5.41, 5.74) is -0.852. The fourth-order valence-corrected chi connectivity index (χ4v) is 3.98. The third-order valence-electron chi connectivity index (χ3n) is 4.70. The summed E-state index contributed by atoms with van der Waals surface area (Å²) in [4.78, 5) is 0. The number of alkyl halides is 1. The van der Waals surface area contributed by atoms with E-state index in [4.69, 9.17) is 0 Å². The second-order valence-corrected chi connectivity index (χ2v) is 5.72. The minimum atomic E-state index is -0.852. The van der Waals surface area contributed by atoms with Gasteiger partial charge in [-0.1, -0.05) is 6.42 Å². The lowest BCUT2D eigenvalue weighted by atomic mass is 9.81. The van der Waals surface area contributed by atoms with E-state index >= 15 is 0 Å². The van der Waals surface area contributed by atoms with Gasteiger partial charge in [0.25, 0.3) is 0 Å². The van der Waals surface area contributed by atoms with Gasteiger partial charge in [0, 0.05) is 6.54 Å². The molecule has 1 nitrogen and oxygen atoms in total. The number of hydrogen-bond donors (Lipinski definition) is 1. The summed E-state index contributed by atoms with van der Waals surface area (Å²) in [5, 5.41) is 3.16. The van der Waals surface area contributed by atoms with Crippen LogP contribution in [0.2, 0.25) is 0 Å². The Hall–Kier alpha value is -0.110. The lowest BCUT2D eigenvalue weighted by Crippen LogP contribution is -2.30. The summed E-state index contributed by atoms with van der Waals surface area (Å²) in [5.74, 6) is 2.56. The van der Waals surface area contributed by atoms with Gasteiger partial charge in [0.2, 0.25) is 0 Å². The Morgan fingerprint density at radius 2 is 2.21 bits per heavy atom. The van der Waals surface area contributed by atoms with Crippen molar-refractivity contribution in [1.29, 1.82) is 0 Å². The molecule has 0 aromatic heterocycles. The lowest BCUT2D eigenvalue weighted by Gasteiger charge is -2.28. The Kier molecular flexibility index (Phi) is 2.08. The van der Waals surface area contributed by atoms with Crippen LogP contribution in [-0.4, -0.2) is 18.8 Å². The predicted octanol–water partition coefficient (Wildman–Crippen LogP) is 2.51. The van der Waals surface area contributed by atoms with Gasteiger partial charge >= 0.3 is 0 Å². The van der Waals surface area contributed by atoms with E-state index in [1.165, 1.54) is 25.7 Å². The molecular formula is C12H20FN. The van der Waals surface area contributed by atoms with E-state index in [9.17, 15) is 4.39 Å². The van der Waals surface area contributed by atoms with Crippen molar-refractivity contribution >= 4 is 0 Å². The van der Waals surface area contributed by atoms with Crippen LogP contribution in [0.15, 0.2) is 0 Å². The molecule has 80 valence electrons. The predicted molar refractivity (Wildman–Crippen MR) is 54.9 cm³/mol. The Balaban J connectivity index is 1.62. The molecule has 14 heavy (non-hydrogen) atoms. The SMILES string of the molecule is FC1(CC2CC3CCC2C3)CCNC1. The van der Waals surface area contributed by atoms with Gasteiger partial charge in [0.15, 0.2) is 0 Å². The van der Waals surface area contributed by atoms with Crippen LogP contribution in [-0.2, 0) is 0 Å². The first-order valence-electron chi connectivity index (χ1n) is 6.15. The molecule has 0 radical (unpaired) electrons. The number of fused-ring (bicyclic) bond motifs is 2. The van der Waals surface area contributed by atoms with Gasteiger partial charge in [-0.15, -0.1) is 0 Å². The molecule has 0 spiro atoms. The van der Waals surface area contributed by atoms with Crippen molar-refractivity contribution < 1.29 is 4.39 Å². The van der Waals surface area contributed by atoms with Crippen LogP contribution in [0.1, 0.15) is 38.5 Å². The highest BCUT2D eigenvalue weighted by molar-refractivity contribution is 4.97. The highest BCUT2D eigenvalue weighted by atomic mass is 19.1. The highest BCUT2D eigenvalue weighted by Gasteiger charge is 2.44. The maximum Gasteiger partial charge on any atom is 0.124 e. The fourth-order valence-electron chi connectivity index (χ4n) is 3.98. The first-order chi connectivity index (χ1) is 6.75. The average Bonchev–Trinajstić information content (AvgIpc) is 2.80. The summed E-state index contributed by atoms with van der Waals surface area (Å²) in [7, 11) is 0. The van der Waals surface area contributed by atoms with Gasteiger partial charge in [-0.25, -0.2) is 4.39 Å². The third-order valence-corrected chi connectivity index (χ3v) is 4.70. The van der Waals surface area contributed by atoms with Gasteiger partial charge in [-0.2, -0.15) is 0 Å². The van der Waals surface area contributed by atoms with Crippen LogP contribution in [0.25, 0.3) is 0 Å². The molecule has 0 amide bonds. The second-order valence-electron chi connectivity index (χ2n) is 5.72. The van der Waals surface area contributed by atoms with Crippen molar-refractivity contribution in [3.8, 4) is 0 Å². The number of halogens is 1. The minimum absolute atomic E-state index is 0.612. The molecule has 0 aromatic carbocycles. The van der Waals surface area contributed by atoms with Crippen molar-refractivity contribution in [3.05, 3.63) is 0 Å². The van der Waals surface area contributed by atoms with E-state index in [1.807, 2.05) is 0 Å². The summed E-state index contributed by atoms with van der Waals surface area (Å²) >= 11 is 0. The summed E-state index contributed by atoms with van der Waals surface area (Å²) < 4.78 is 14.2. The molecule has 1 N–H and O–H groups in total. The van der Waals surface area contributed by atoms with Crippen molar-refractivity contribution in [2.24, 2.45) is 17.8 Å². The van der Waals surface area contributed by atoms with Gasteiger partial charge in [0.1, 0.15) is 5.67 Å². The lowest BCUT2D eigenvalue weighted by molar-refractivity contribution is 0.124. The quantitative estimate of drug-likeness (QED) is 0.717. The van der Waals surface area contributed by atoms with Crippen molar-refractivity contribution in [3.63, 3.8) is 0 Å². The van der Waals surface area contributed by atoms with Gasteiger partial charge in [0.05, 0.1) is 0 Å². The zero-order valence-electron chi connectivity index (χ0n) is 8.77. The van der Waals surface area contributed by atoms with Crippen LogP contribution in [0.4, 0.5) is 4.39 Å². The summed E-state index contributed by atoms with van der Waals surface area (Å²) in [6.45, 7) is 1.50. The Morgan fingerprint density at radius 1 is 1.29 bits per heavy atom. The van der Waals surface area contributed by atoms with Crippen LogP contribution in [0.5, 0.6) is 0 Å². The molecule has 1 saturated heterocycles. The van der Waals surface area contributed by atoms with Crippen molar-refractivity contribution in [1.82, 2.24) is 5.32 Å². The molecule has 3 fully saturated rings. The highest BCUT2D eigenvalue weighted by Crippen LogP contribution is 2.51. The smallest absolute Gasteiger partial charge is 0.124 e. The molecule has 0 aromatic rings. The van der Waals surface area contributed by atoms with E-state index in [2.05, 4.69) is 5.32 Å². The van der Waals surface area contributed by atoms with Crippen molar-refractivity contribution in [2.45, 2.75) is 44.2 Å². The molecule has 2 aliphatic carbocycles. The molecule has 4 atom stereocenters. The molecule has 1 heterocycles. The molecule has 2 heteroatoms. The molecule has 3 aliphatic rings. The molecule has 3 rings (SSSR count). The minimum Gasteiger partial charge on any atom is -0.313 e. The van der Waals surface area contributed by atoms with Gasteiger partial charge in [-0.05, 0) is 56.4 Å². The summed E-state index contributed by atoms with van der Waals surface area (Å²) in [6.07, 6.45) is 7.16.